The molecule has 22 heavy (non-hydrogen) atoms. The molecule has 0 amide bonds. The van der Waals surface area contributed by atoms with Crippen LogP contribution in [0.15, 0.2) is 29.7 Å². The van der Waals surface area contributed by atoms with Gasteiger partial charge >= 0.3 is 0 Å². The molecule has 1 heterocycles. The molecule has 1 aliphatic carbocycles. The van der Waals surface area contributed by atoms with Crippen molar-refractivity contribution in [2.24, 2.45) is 0 Å². The lowest BCUT2D eigenvalue weighted by atomic mass is 10.1. The zero-order valence-electron chi connectivity index (χ0n) is 12.5. The Kier molecular flexibility index (Phi) is 4.33. The number of Topliss-reactive ketones (excluding diaryl/α,β-unsaturated/α-hetero) is 1. The van der Waals surface area contributed by atoms with Crippen LogP contribution >= 0.6 is 11.8 Å². The first-order chi connectivity index (χ1) is 10.7. The molecule has 116 valence electrons. The fourth-order valence-corrected chi connectivity index (χ4v) is 3.04. The van der Waals surface area contributed by atoms with Crippen molar-refractivity contribution in [2.75, 3.05) is 20.0 Å². The summed E-state index contributed by atoms with van der Waals surface area (Å²) < 4.78 is 12.5. The van der Waals surface area contributed by atoms with Gasteiger partial charge < -0.3 is 14.0 Å². The number of nitrogens with zero attached hydrogens (tertiary/aromatic N) is 3. The van der Waals surface area contributed by atoms with E-state index in [0.29, 0.717) is 28.9 Å². The van der Waals surface area contributed by atoms with Crippen LogP contribution in [0, 0.1) is 0 Å². The molecule has 0 N–H and O–H groups in total. The van der Waals surface area contributed by atoms with E-state index in [1.165, 1.54) is 11.8 Å². The molecule has 7 heteroatoms. The lowest BCUT2D eigenvalue weighted by Gasteiger charge is -2.09. The van der Waals surface area contributed by atoms with Gasteiger partial charge in [0, 0.05) is 12.1 Å². The lowest BCUT2D eigenvalue weighted by Crippen LogP contribution is -2.06. The standard InChI is InChI=1S/C15H17N3O3S/c1-20-11-5-6-12(14(7-11)21-2)13(19)8-22-15-17-16-9-18(15)10-3-4-10/h5-7,9-10H,3-4,8H2,1-2H3. The fraction of sp³-hybridized carbons (Fsp3) is 0.400. The van der Waals surface area contributed by atoms with Crippen LogP contribution in [0.2, 0.25) is 0 Å². The molecule has 0 radical (unpaired) electrons. The molecule has 1 saturated carbocycles. The van der Waals surface area contributed by atoms with Gasteiger partial charge in [-0.1, -0.05) is 11.8 Å². The highest BCUT2D eigenvalue weighted by Crippen LogP contribution is 2.37. The quantitative estimate of drug-likeness (QED) is 0.577. The first-order valence-corrected chi connectivity index (χ1v) is 7.99. The number of hydrogen-bond acceptors (Lipinski definition) is 6. The van der Waals surface area contributed by atoms with Gasteiger partial charge in [-0.15, -0.1) is 10.2 Å². The van der Waals surface area contributed by atoms with Crippen molar-refractivity contribution in [2.45, 2.75) is 24.0 Å². The molecule has 0 bridgehead atoms. The third kappa shape index (κ3) is 3.09. The number of carbonyl (C=O) groups is 1. The summed E-state index contributed by atoms with van der Waals surface area (Å²) in [7, 11) is 3.12. The van der Waals surface area contributed by atoms with Crippen molar-refractivity contribution < 1.29 is 14.3 Å². The lowest BCUT2D eigenvalue weighted by molar-refractivity contribution is 0.101. The summed E-state index contributed by atoms with van der Waals surface area (Å²) in [4.78, 5) is 12.4. The fourth-order valence-electron chi connectivity index (χ4n) is 2.18. The topological polar surface area (TPSA) is 66.2 Å². The van der Waals surface area contributed by atoms with Crippen molar-refractivity contribution in [1.82, 2.24) is 14.8 Å². The molecule has 0 spiro atoms. The zero-order chi connectivity index (χ0) is 15.5. The summed E-state index contributed by atoms with van der Waals surface area (Å²) in [6.45, 7) is 0. The molecule has 0 saturated heterocycles. The molecule has 1 aliphatic rings. The normalized spacial score (nSPS) is 13.9. The molecule has 2 aromatic rings. The second-order valence-corrected chi connectivity index (χ2v) is 5.97. The highest BCUT2D eigenvalue weighted by Gasteiger charge is 2.26. The van der Waals surface area contributed by atoms with E-state index in [-0.39, 0.29) is 5.78 Å². The van der Waals surface area contributed by atoms with Crippen molar-refractivity contribution in [3.05, 3.63) is 30.1 Å². The number of thioether (sulfide) groups is 1. The number of benzene rings is 1. The molecule has 1 aromatic carbocycles. The summed E-state index contributed by atoms with van der Waals surface area (Å²) in [5, 5.41) is 8.81. The average molecular weight is 319 g/mol. The molecule has 3 rings (SSSR count). The molecule has 0 unspecified atom stereocenters. The Morgan fingerprint density at radius 2 is 2.18 bits per heavy atom. The van der Waals surface area contributed by atoms with Gasteiger partial charge in [0.2, 0.25) is 0 Å². The van der Waals surface area contributed by atoms with Gasteiger partial charge in [0.1, 0.15) is 17.8 Å². The highest BCUT2D eigenvalue weighted by molar-refractivity contribution is 7.99. The van der Waals surface area contributed by atoms with E-state index < -0.39 is 0 Å². The Hall–Kier alpha value is -2.02. The van der Waals surface area contributed by atoms with Crippen LogP contribution in [-0.2, 0) is 0 Å². The van der Waals surface area contributed by atoms with Gasteiger partial charge in [-0.3, -0.25) is 4.79 Å². The Bertz CT molecular complexity index is 682. The number of rotatable bonds is 7. The molecule has 0 atom stereocenters. The number of ether oxygens (including phenoxy) is 2. The van der Waals surface area contributed by atoms with Crippen molar-refractivity contribution in [1.29, 1.82) is 0 Å². The molecule has 1 fully saturated rings. The maximum absolute atomic E-state index is 12.4. The maximum Gasteiger partial charge on any atom is 0.191 e. The summed E-state index contributed by atoms with van der Waals surface area (Å²) in [6.07, 6.45) is 4.05. The van der Waals surface area contributed by atoms with Gasteiger partial charge in [0.15, 0.2) is 10.9 Å². The Morgan fingerprint density at radius 1 is 1.36 bits per heavy atom. The van der Waals surface area contributed by atoms with E-state index in [4.69, 9.17) is 9.47 Å². The largest absolute Gasteiger partial charge is 0.497 e. The van der Waals surface area contributed by atoms with Crippen molar-refractivity contribution in [3.8, 4) is 11.5 Å². The van der Waals surface area contributed by atoms with Gasteiger partial charge in [-0.2, -0.15) is 0 Å². The number of aromatic nitrogens is 3. The molecule has 0 aliphatic heterocycles. The predicted molar refractivity (Wildman–Crippen MR) is 82.9 cm³/mol. The van der Waals surface area contributed by atoms with Gasteiger partial charge in [0.25, 0.3) is 0 Å². The van der Waals surface area contributed by atoms with E-state index in [9.17, 15) is 4.79 Å². The number of carbonyl (C=O) groups excluding carboxylic acids is 1. The molecule has 1 aromatic heterocycles. The average Bonchev–Trinajstić information content (AvgIpc) is 3.30. The number of methoxy groups -OCH3 is 2. The first kappa shape index (κ1) is 14.9. The Labute approximate surface area is 132 Å². The summed E-state index contributed by atoms with van der Waals surface area (Å²) >= 11 is 1.41. The molecular weight excluding hydrogens is 302 g/mol. The monoisotopic (exact) mass is 319 g/mol. The minimum absolute atomic E-state index is 0.00477. The van der Waals surface area contributed by atoms with E-state index in [1.54, 1.807) is 38.7 Å². The van der Waals surface area contributed by atoms with Crippen molar-refractivity contribution >= 4 is 17.5 Å². The summed E-state index contributed by atoms with van der Waals surface area (Å²) in [5.74, 6) is 1.48. The van der Waals surface area contributed by atoms with Crippen LogP contribution in [-0.4, -0.2) is 40.5 Å². The highest BCUT2D eigenvalue weighted by atomic mass is 32.2. The van der Waals surface area contributed by atoms with E-state index in [2.05, 4.69) is 10.2 Å². The minimum Gasteiger partial charge on any atom is -0.497 e. The van der Waals surface area contributed by atoms with Crippen LogP contribution < -0.4 is 9.47 Å². The molecule has 6 nitrogen and oxygen atoms in total. The second kappa shape index (κ2) is 6.39. The van der Waals surface area contributed by atoms with Crippen LogP contribution in [0.1, 0.15) is 29.2 Å². The Balaban J connectivity index is 1.70. The second-order valence-electron chi connectivity index (χ2n) is 5.03. The maximum atomic E-state index is 12.4. The zero-order valence-corrected chi connectivity index (χ0v) is 13.3. The predicted octanol–water partition coefficient (Wildman–Crippen LogP) is 2.61. The van der Waals surface area contributed by atoms with Gasteiger partial charge in [0.05, 0.1) is 25.5 Å². The van der Waals surface area contributed by atoms with Gasteiger partial charge in [-0.05, 0) is 25.0 Å². The van der Waals surface area contributed by atoms with Crippen LogP contribution in [0.4, 0.5) is 0 Å². The molecular formula is C15H17N3O3S. The van der Waals surface area contributed by atoms with E-state index in [1.807, 2.05) is 4.57 Å². The number of hydrogen-bond donors (Lipinski definition) is 0. The van der Waals surface area contributed by atoms with Crippen LogP contribution in [0.5, 0.6) is 11.5 Å². The van der Waals surface area contributed by atoms with Crippen molar-refractivity contribution in [3.63, 3.8) is 0 Å². The van der Waals surface area contributed by atoms with E-state index >= 15 is 0 Å². The third-order valence-corrected chi connectivity index (χ3v) is 4.48. The first-order valence-electron chi connectivity index (χ1n) is 7.00. The summed E-state index contributed by atoms with van der Waals surface area (Å²) in [6, 6.07) is 5.70. The Morgan fingerprint density at radius 3 is 2.86 bits per heavy atom. The number of ketones is 1. The summed E-state index contributed by atoms with van der Waals surface area (Å²) in [5.41, 5.74) is 0.549. The van der Waals surface area contributed by atoms with E-state index in [0.717, 1.165) is 18.0 Å². The minimum atomic E-state index is -0.00477. The smallest absolute Gasteiger partial charge is 0.191 e. The third-order valence-electron chi connectivity index (χ3n) is 3.52. The van der Waals surface area contributed by atoms with Gasteiger partial charge in [-0.25, -0.2) is 0 Å². The van der Waals surface area contributed by atoms with Crippen LogP contribution in [0.25, 0.3) is 0 Å². The van der Waals surface area contributed by atoms with Crippen LogP contribution in [0.3, 0.4) is 0 Å². The SMILES string of the molecule is COc1ccc(C(=O)CSc2nncn2C2CC2)c(OC)c1.